The molecule has 1 aliphatic heterocycles. The molecule has 0 spiro atoms. The number of esters is 1. The summed E-state index contributed by atoms with van der Waals surface area (Å²) in [4.78, 5) is 12.4. The van der Waals surface area contributed by atoms with Crippen LogP contribution in [0.15, 0.2) is 60.7 Å². The highest BCUT2D eigenvalue weighted by molar-refractivity contribution is 6.30. The van der Waals surface area contributed by atoms with Crippen LogP contribution in [-0.2, 0) is 15.1 Å². The molecule has 4 heteroatoms. The van der Waals surface area contributed by atoms with Gasteiger partial charge in [0.15, 0.2) is 0 Å². The number of nitrogens with one attached hydrogen (secondary N) is 1. The molecule has 0 radical (unpaired) electrons. The highest BCUT2D eigenvalue weighted by atomic mass is 35.5. The largest absolute Gasteiger partial charge is 0.451 e. The van der Waals surface area contributed by atoms with Crippen LogP contribution in [0.1, 0.15) is 24.0 Å². The summed E-state index contributed by atoms with van der Waals surface area (Å²) in [6.45, 7) is 1.67. The normalized spacial score (nSPS) is 16.9. The van der Waals surface area contributed by atoms with E-state index in [4.69, 9.17) is 16.3 Å². The summed E-state index contributed by atoms with van der Waals surface area (Å²) in [5.41, 5.74) is 1.37. The number of ether oxygens (including phenoxy) is 1. The Morgan fingerprint density at radius 2 is 1.83 bits per heavy atom. The lowest BCUT2D eigenvalue weighted by molar-refractivity contribution is -0.157. The minimum atomic E-state index is -0.553. The molecule has 0 atom stereocenters. The number of carbonyl (C=O) groups is 1. The Morgan fingerprint density at radius 3 is 2.54 bits per heavy atom. The molecule has 3 rings (SSSR count). The van der Waals surface area contributed by atoms with Crippen molar-refractivity contribution in [1.29, 1.82) is 0 Å². The van der Waals surface area contributed by atoms with E-state index >= 15 is 0 Å². The first-order chi connectivity index (χ1) is 11.7. The Morgan fingerprint density at radius 1 is 1.08 bits per heavy atom. The third-order valence-corrected chi connectivity index (χ3v) is 4.50. The first-order valence-corrected chi connectivity index (χ1v) is 8.49. The van der Waals surface area contributed by atoms with E-state index in [9.17, 15) is 4.79 Å². The van der Waals surface area contributed by atoms with Crippen molar-refractivity contribution >= 4 is 23.6 Å². The topological polar surface area (TPSA) is 38.3 Å². The molecule has 24 heavy (non-hydrogen) atoms. The van der Waals surface area contributed by atoms with E-state index in [2.05, 4.69) is 5.32 Å². The average Bonchev–Trinajstić information content (AvgIpc) is 2.62. The predicted octanol–water partition coefficient (Wildman–Crippen LogP) is 4.18. The molecular weight excluding hydrogens is 322 g/mol. The van der Waals surface area contributed by atoms with E-state index in [1.54, 1.807) is 12.1 Å². The lowest BCUT2D eigenvalue weighted by Crippen LogP contribution is -2.42. The zero-order chi connectivity index (χ0) is 16.8. The Labute approximate surface area is 147 Å². The average molecular weight is 342 g/mol. The van der Waals surface area contributed by atoms with Gasteiger partial charge in [-0.3, -0.25) is 0 Å². The molecule has 0 aliphatic carbocycles. The fourth-order valence-corrected chi connectivity index (χ4v) is 3.22. The van der Waals surface area contributed by atoms with Crippen LogP contribution in [0.3, 0.4) is 0 Å². The number of hydrogen-bond acceptors (Lipinski definition) is 3. The zero-order valence-electron chi connectivity index (χ0n) is 13.4. The summed E-state index contributed by atoms with van der Waals surface area (Å²) in [5.74, 6) is -0.333. The molecule has 0 amide bonds. The first kappa shape index (κ1) is 16.7. The molecule has 124 valence electrons. The van der Waals surface area contributed by atoms with Crippen molar-refractivity contribution in [2.45, 2.75) is 18.4 Å². The second kappa shape index (κ2) is 7.65. The Hall–Kier alpha value is -2.10. The SMILES string of the molecule is O=C(/C=C/c1cccc(Cl)c1)OC1(c2ccccc2)CCNCC1. The van der Waals surface area contributed by atoms with Crippen molar-refractivity contribution in [3.8, 4) is 0 Å². The number of halogens is 1. The summed E-state index contributed by atoms with van der Waals surface area (Å²) >= 11 is 5.96. The molecule has 1 N–H and O–H groups in total. The van der Waals surface area contributed by atoms with Crippen LogP contribution in [0.25, 0.3) is 6.08 Å². The first-order valence-electron chi connectivity index (χ1n) is 8.11. The maximum absolute atomic E-state index is 12.4. The van der Waals surface area contributed by atoms with Crippen LogP contribution in [0, 0.1) is 0 Å². The molecule has 0 saturated carbocycles. The maximum Gasteiger partial charge on any atom is 0.331 e. The molecule has 1 fully saturated rings. The number of rotatable bonds is 4. The molecule has 2 aromatic carbocycles. The molecule has 1 aliphatic rings. The van der Waals surface area contributed by atoms with Crippen molar-refractivity contribution in [1.82, 2.24) is 5.32 Å². The second-order valence-electron chi connectivity index (χ2n) is 5.92. The zero-order valence-corrected chi connectivity index (χ0v) is 14.1. The number of hydrogen-bond donors (Lipinski definition) is 1. The number of piperidine rings is 1. The van der Waals surface area contributed by atoms with Gasteiger partial charge in [-0.05, 0) is 42.4 Å². The second-order valence-corrected chi connectivity index (χ2v) is 6.36. The van der Waals surface area contributed by atoms with E-state index < -0.39 is 5.60 Å². The standard InChI is InChI=1S/C20H20ClNO2/c21-18-8-4-5-16(15-18)9-10-19(23)24-20(11-13-22-14-12-20)17-6-2-1-3-7-17/h1-10,15,22H,11-14H2/b10-9+. The third kappa shape index (κ3) is 4.05. The summed E-state index contributed by atoms with van der Waals surface area (Å²) in [5, 5.41) is 3.97. The lowest BCUT2D eigenvalue weighted by Gasteiger charge is -2.37. The van der Waals surface area contributed by atoms with Gasteiger partial charge in [0.1, 0.15) is 5.60 Å². The van der Waals surface area contributed by atoms with E-state index in [0.29, 0.717) is 5.02 Å². The predicted molar refractivity (Wildman–Crippen MR) is 96.8 cm³/mol. The van der Waals surface area contributed by atoms with Crippen molar-refractivity contribution < 1.29 is 9.53 Å². The Bertz CT molecular complexity index is 721. The monoisotopic (exact) mass is 341 g/mol. The minimum Gasteiger partial charge on any atom is -0.451 e. The number of carbonyl (C=O) groups excluding carboxylic acids is 1. The fraction of sp³-hybridized carbons (Fsp3) is 0.250. The van der Waals surface area contributed by atoms with Crippen LogP contribution in [-0.4, -0.2) is 19.1 Å². The molecule has 2 aromatic rings. The smallest absolute Gasteiger partial charge is 0.331 e. The van der Waals surface area contributed by atoms with Crippen molar-refractivity contribution in [3.05, 3.63) is 76.8 Å². The van der Waals surface area contributed by atoms with Gasteiger partial charge in [0.25, 0.3) is 0 Å². The lowest BCUT2D eigenvalue weighted by atomic mass is 9.85. The van der Waals surface area contributed by atoms with E-state index in [0.717, 1.165) is 37.1 Å². The van der Waals surface area contributed by atoms with Gasteiger partial charge in [0.05, 0.1) is 0 Å². The fourth-order valence-electron chi connectivity index (χ4n) is 3.02. The molecule has 0 bridgehead atoms. The molecular formula is C20H20ClNO2. The van der Waals surface area contributed by atoms with E-state index in [1.807, 2.05) is 48.5 Å². The third-order valence-electron chi connectivity index (χ3n) is 4.27. The molecule has 0 unspecified atom stereocenters. The van der Waals surface area contributed by atoms with Crippen LogP contribution < -0.4 is 5.32 Å². The van der Waals surface area contributed by atoms with Crippen LogP contribution >= 0.6 is 11.6 Å². The van der Waals surface area contributed by atoms with E-state index in [1.165, 1.54) is 6.08 Å². The van der Waals surface area contributed by atoms with Crippen molar-refractivity contribution in [3.63, 3.8) is 0 Å². The van der Waals surface area contributed by atoms with Gasteiger partial charge in [-0.15, -0.1) is 0 Å². The highest BCUT2D eigenvalue weighted by Crippen LogP contribution is 2.35. The van der Waals surface area contributed by atoms with Crippen molar-refractivity contribution in [2.75, 3.05) is 13.1 Å². The van der Waals surface area contributed by atoms with Gasteiger partial charge >= 0.3 is 5.97 Å². The van der Waals surface area contributed by atoms with Crippen LogP contribution in [0.2, 0.25) is 5.02 Å². The quantitative estimate of drug-likeness (QED) is 0.670. The van der Waals surface area contributed by atoms with Crippen LogP contribution in [0.4, 0.5) is 0 Å². The summed E-state index contributed by atoms with van der Waals surface area (Å²) in [6.07, 6.45) is 4.74. The van der Waals surface area contributed by atoms with Crippen molar-refractivity contribution in [2.24, 2.45) is 0 Å². The molecule has 1 heterocycles. The maximum atomic E-state index is 12.4. The Kier molecular flexibility index (Phi) is 5.34. The van der Waals surface area contributed by atoms with Gasteiger partial charge in [-0.1, -0.05) is 54.1 Å². The van der Waals surface area contributed by atoms with Crippen LogP contribution in [0.5, 0.6) is 0 Å². The summed E-state index contributed by atoms with van der Waals surface area (Å²) < 4.78 is 5.92. The van der Waals surface area contributed by atoms with Gasteiger partial charge in [-0.25, -0.2) is 4.79 Å². The molecule has 0 aromatic heterocycles. The van der Waals surface area contributed by atoms with Gasteiger partial charge in [-0.2, -0.15) is 0 Å². The minimum absolute atomic E-state index is 0.333. The Balaban J connectivity index is 1.76. The van der Waals surface area contributed by atoms with E-state index in [-0.39, 0.29) is 5.97 Å². The summed E-state index contributed by atoms with van der Waals surface area (Å²) in [6, 6.07) is 17.3. The van der Waals surface area contributed by atoms with Gasteiger partial charge in [0, 0.05) is 23.9 Å². The summed E-state index contributed by atoms with van der Waals surface area (Å²) in [7, 11) is 0. The van der Waals surface area contributed by atoms with Gasteiger partial charge in [0.2, 0.25) is 0 Å². The van der Waals surface area contributed by atoms with Gasteiger partial charge < -0.3 is 10.1 Å². The molecule has 1 saturated heterocycles. The highest BCUT2D eigenvalue weighted by Gasteiger charge is 2.37. The number of benzene rings is 2. The molecule has 3 nitrogen and oxygen atoms in total.